The molecule has 10 heteroatoms. The van der Waals surface area contributed by atoms with E-state index in [2.05, 4.69) is 24.5 Å². The van der Waals surface area contributed by atoms with Crippen molar-refractivity contribution in [2.24, 2.45) is 11.8 Å². The first-order valence-electron chi connectivity index (χ1n) is 18.9. The lowest BCUT2D eigenvalue weighted by atomic mass is 9.80. The molecular weight excluding hydrogens is 684 g/mol. The van der Waals surface area contributed by atoms with Crippen LogP contribution in [0.15, 0.2) is 84.2 Å². The third-order valence-corrected chi connectivity index (χ3v) is 10.6. The number of hydrogen-bond donors (Lipinski definition) is 7. The lowest BCUT2D eigenvalue weighted by Crippen LogP contribution is -2.31. The SMILES string of the molecule is COc1cc(CCC(O)C2CC3=CCNC(=C3)Nc3ccc4cc(O)ccc4c3CCC(c3cc(O)c(O)c(OCCCC(C)C)c3)CC2=O)ccc1O. The third kappa shape index (κ3) is 9.23. The predicted molar refractivity (Wildman–Crippen MR) is 211 cm³/mol. The smallest absolute Gasteiger partial charge is 0.200 e. The van der Waals surface area contributed by atoms with E-state index in [1.807, 2.05) is 30.4 Å². The zero-order chi connectivity index (χ0) is 38.4. The van der Waals surface area contributed by atoms with Crippen LogP contribution in [0.3, 0.4) is 0 Å². The first-order chi connectivity index (χ1) is 26.0. The first kappa shape index (κ1) is 38.4. The van der Waals surface area contributed by atoms with Crippen molar-refractivity contribution >= 4 is 22.2 Å². The quantitative estimate of drug-likeness (QED) is 0.0595. The number of allylic oxidation sites excluding steroid dienone is 2. The third-order valence-electron chi connectivity index (χ3n) is 10.6. The Morgan fingerprint density at radius 3 is 2.54 bits per heavy atom. The number of hydrogen-bond acceptors (Lipinski definition) is 10. The van der Waals surface area contributed by atoms with Crippen LogP contribution in [0.2, 0.25) is 0 Å². The Kier molecular flexibility index (Phi) is 12.2. The highest BCUT2D eigenvalue weighted by Gasteiger charge is 2.31. The standard InChI is InChI=1S/C44H52N2O8/c1-26(2)5-4-18-54-42-25-31(24-40(51)44(42)52)29-8-11-34-33-12-10-32(47)22-30(33)9-13-36(34)46-43-21-28(16-17-45-43)19-35(39(50)23-29)37(48)14-6-27-7-15-38(49)41(20-27)53-3/h7,9-10,12-13,15-16,20-22,24-26,29,35,37,45-49,51-52H,4-6,8,11,14,17-19,23H2,1-3H3. The second-order valence-corrected chi connectivity index (χ2v) is 14.9. The number of fused-ring (bicyclic) bond motifs is 4. The van der Waals surface area contributed by atoms with E-state index >= 15 is 0 Å². The van der Waals surface area contributed by atoms with Crippen molar-refractivity contribution < 1.29 is 39.8 Å². The Morgan fingerprint density at radius 1 is 0.907 bits per heavy atom. The molecule has 0 amide bonds. The van der Waals surface area contributed by atoms with E-state index in [0.717, 1.165) is 51.8 Å². The summed E-state index contributed by atoms with van der Waals surface area (Å²) in [7, 11) is 1.49. The topological polar surface area (TPSA) is 161 Å². The van der Waals surface area contributed by atoms with E-state index in [1.54, 1.807) is 36.4 Å². The lowest BCUT2D eigenvalue weighted by Gasteiger charge is -2.26. The number of carbonyl (C=O) groups is 1. The second-order valence-electron chi connectivity index (χ2n) is 14.9. The van der Waals surface area contributed by atoms with Crippen LogP contribution in [0.4, 0.5) is 5.69 Å². The van der Waals surface area contributed by atoms with Gasteiger partial charge in [0.05, 0.1) is 19.8 Å². The number of rotatable bonds is 11. The molecule has 0 saturated carbocycles. The van der Waals surface area contributed by atoms with Crippen LogP contribution in [-0.4, -0.2) is 57.7 Å². The molecule has 3 atom stereocenters. The molecule has 0 fully saturated rings. The number of aliphatic hydroxyl groups is 1. The Labute approximate surface area is 316 Å². The van der Waals surface area contributed by atoms with Crippen molar-refractivity contribution in [3.05, 3.63) is 101 Å². The van der Waals surface area contributed by atoms with Gasteiger partial charge in [0, 0.05) is 24.6 Å². The number of carbonyl (C=O) groups excluding carboxylic acids is 1. The van der Waals surface area contributed by atoms with Gasteiger partial charge in [-0.05, 0) is 138 Å². The minimum Gasteiger partial charge on any atom is -0.508 e. The molecule has 0 saturated heterocycles. The maximum atomic E-state index is 14.6. The molecule has 0 spiro atoms. The summed E-state index contributed by atoms with van der Waals surface area (Å²) in [6.45, 7) is 5.19. The van der Waals surface area contributed by atoms with E-state index in [-0.39, 0.29) is 41.0 Å². The van der Waals surface area contributed by atoms with Crippen LogP contribution in [0.25, 0.3) is 10.8 Å². The summed E-state index contributed by atoms with van der Waals surface area (Å²) in [5.41, 5.74) is 4.34. The zero-order valence-corrected chi connectivity index (χ0v) is 31.3. The average Bonchev–Trinajstić information content (AvgIpc) is 3.15. The zero-order valence-electron chi connectivity index (χ0n) is 31.3. The van der Waals surface area contributed by atoms with Gasteiger partial charge < -0.3 is 45.6 Å². The molecule has 286 valence electrons. The number of methoxy groups -OCH3 is 1. The fraction of sp³-hybridized carbons (Fsp3) is 0.386. The molecule has 2 aliphatic heterocycles. The van der Waals surface area contributed by atoms with Gasteiger partial charge in [0.15, 0.2) is 23.0 Å². The predicted octanol–water partition coefficient (Wildman–Crippen LogP) is 7.96. The van der Waals surface area contributed by atoms with Gasteiger partial charge in [0.2, 0.25) is 5.75 Å². The maximum absolute atomic E-state index is 14.6. The summed E-state index contributed by atoms with van der Waals surface area (Å²) >= 11 is 0. The van der Waals surface area contributed by atoms with Crippen molar-refractivity contribution in [2.45, 2.75) is 77.2 Å². The molecule has 0 radical (unpaired) electrons. The number of phenolic OH excluding ortho intramolecular Hbond substituents is 4. The van der Waals surface area contributed by atoms with Gasteiger partial charge in [-0.25, -0.2) is 0 Å². The van der Waals surface area contributed by atoms with Crippen molar-refractivity contribution in [2.75, 3.05) is 25.6 Å². The van der Waals surface area contributed by atoms with Crippen molar-refractivity contribution in [1.82, 2.24) is 5.32 Å². The normalized spacial score (nSPS) is 18.2. The number of aromatic hydroxyl groups is 4. The van der Waals surface area contributed by atoms with Gasteiger partial charge in [0.25, 0.3) is 0 Å². The summed E-state index contributed by atoms with van der Waals surface area (Å²) in [6.07, 6.45) is 7.03. The number of benzene rings is 4. The number of anilines is 1. The number of dihydropyridines is 1. The lowest BCUT2D eigenvalue weighted by molar-refractivity contribution is -0.127. The molecule has 0 aliphatic carbocycles. The highest BCUT2D eigenvalue weighted by molar-refractivity contribution is 5.91. The van der Waals surface area contributed by atoms with Crippen LogP contribution in [-0.2, 0) is 17.6 Å². The van der Waals surface area contributed by atoms with Gasteiger partial charge in [-0.3, -0.25) is 4.79 Å². The number of ether oxygens (including phenoxy) is 2. The van der Waals surface area contributed by atoms with Crippen LogP contribution in [0.5, 0.6) is 34.5 Å². The van der Waals surface area contributed by atoms with Gasteiger partial charge in [0.1, 0.15) is 17.4 Å². The number of Topliss-reactive ketones (excluding diaryl/α,β-unsaturated/α-hetero) is 1. The van der Waals surface area contributed by atoms with Gasteiger partial charge >= 0.3 is 0 Å². The van der Waals surface area contributed by atoms with E-state index in [9.17, 15) is 30.3 Å². The van der Waals surface area contributed by atoms with E-state index < -0.39 is 17.9 Å². The molecule has 2 aliphatic rings. The number of aliphatic hydroxyl groups excluding tert-OH is 1. The van der Waals surface area contributed by atoms with Gasteiger partial charge in [-0.15, -0.1) is 0 Å². The summed E-state index contributed by atoms with van der Waals surface area (Å²) in [5, 5.41) is 62.7. The summed E-state index contributed by atoms with van der Waals surface area (Å²) < 4.78 is 11.3. The number of nitrogens with one attached hydrogen (secondary N) is 2. The molecule has 0 aromatic heterocycles. The van der Waals surface area contributed by atoms with E-state index in [4.69, 9.17) is 9.47 Å². The fourth-order valence-electron chi connectivity index (χ4n) is 7.57. The van der Waals surface area contributed by atoms with Crippen LogP contribution in [0.1, 0.15) is 75.0 Å². The second kappa shape index (κ2) is 17.2. The molecule has 54 heavy (non-hydrogen) atoms. The summed E-state index contributed by atoms with van der Waals surface area (Å²) in [6, 6.07) is 17.6. The van der Waals surface area contributed by atoms with Crippen LogP contribution in [0, 0.1) is 11.8 Å². The molecular formula is C44H52N2O8. The summed E-state index contributed by atoms with van der Waals surface area (Å²) in [5.74, 6) is 0.118. The van der Waals surface area contributed by atoms with Gasteiger partial charge in [-0.2, -0.15) is 0 Å². The molecule has 2 bridgehead atoms. The number of phenols is 4. The molecule has 7 N–H and O–H groups in total. The fourth-order valence-corrected chi connectivity index (χ4v) is 7.57. The maximum Gasteiger partial charge on any atom is 0.200 e. The number of ketones is 1. The highest BCUT2D eigenvalue weighted by Crippen LogP contribution is 2.42. The van der Waals surface area contributed by atoms with Crippen LogP contribution >= 0.6 is 0 Å². The highest BCUT2D eigenvalue weighted by atomic mass is 16.5. The molecule has 4 aromatic rings. The minimum atomic E-state index is -0.967. The molecule has 6 rings (SSSR count). The van der Waals surface area contributed by atoms with Crippen molar-refractivity contribution in [3.8, 4) is 34.5 Å². The molecule has 10 nitrogen and oxygen atoms in total. The first-order valence-corrected chi connectivity index (χ1v) is 18.9. The Morgan fingerprint density at radius 2 is 1.74 bits per heavy atom. The Bertz CT molecular complexity index is 2040. The largest absolute Gasteiger partial charge is 0.508 e. The molecule has 3 unspecified atom stereocenters. The molecule has 2 heterocycles. The Hall–Kier alpha value is -5.35. The van der Waals surface area contributed by atoms with E-state index in [0.29, 0.717) is 62.5 Å². The molecule has 4 aromatic carbocycles. The number of aryl methyl sites for hydroxylation is 2. The Balaban J connectivity index is 1.37. The van der Waals surface area contributed by atoms with Gasteiger partial charge in [-0.1, -0.05) is 38.1 Å². The summed E-state index contributed by atoms with van der Waals surface area (Å²) in [4.78, 5) is 14.6. The average molecular weight is 737 g/mol. The van der Waals surface area contributed by atoms with Crippen LogP contribution < -0.4 is 20.1 Å². The van der Waals surface area contributed by atoms with Crippen molar-refractivity contribution in [3.63, 3.8) is 0 Å². The minimum absolute atomic E-state index is 0.0324. The van der Waals surface area contributed by atoms with Crippen molar-refractivity contribution in [1.29, 1.82) is 0 Å². The van der Waals surface area contributed by atoms with E-state index in [1.165, 1.54) is 13.2 Å². The monoisotopic (exact) mass is 736 g/mol.